The van der Waals surface area contributed by atoms with Crippen molar-refractivity contribution in [2.75, 3.05) is 0 Å². The minimum Gasteiger partial charge on any atom is -0.237 e. The van der Waals surface area contributed by atoms with Gasteiger partial charge in [-0.05, 0) is 39.9 Å². The second-order valence-electron chi connectivity index (χ2n) is 13.0. The van der Waals surface area contributed by atoms with Crippen LogP contribution in [0.3, 0.4) is 0 Å². The van der Waals surface area contributed by atoms with Crippen LogP contribution >= 0.6 is 11.3 Å². The number of thiophene rings is 1. The molecule has 5 heteroatoms. The van der Waals surface area contributed by atoms with Crippen molar-refractivity contribution in [3.8, 4) is 67.5 Å². The molecule has 0 radical (unpaired) electrons. The Bertz CT molecular complexity index is 2820. The van der Waals surface area contributed by atoms with Crippen LogP contribution in [0.4, 0.5) is 0 Å². The van der Waals surface area contributed by atoms with Crippen LogP contribution in [-0.2, 0) is 0 Å². The van der Waals surface area contributed by atoms with E-state index in [1.54, 1.807) is 11.3 Å². The van der Waals surface area contributed by atoms with Crippen molar-refractivity contribution < 1.29 is 0 Å². The number of fused-ring (bicyclic) bond motifs is 4. The highest BCUT2D eigenvalue weighted by molar-refractivity contribution is 7.25. The van der Waals surface area contributed by atoms with Crippen molar-refractivity contribution in [1.29, 1.82) is 0 Å². The molecule has 0 unspecified atom stereocenters. The molecule has 10 rings (SSSR count). The molecule has 0 fully saturated rings. The fraction of sp³-hybridized carbons (Fsp3) is 0. The maximum atomic E-state index is 5.23. The normalized spacial score (nSPS) is 11.4. The predicted molar refractivity (Wildman–Crippen MR) is 221 cm³/mol. The van der Waals surface area contributed by atoms with Crippen molar-refractivity contribution in [2.45, 2.75) is 0 Å². The van der Waals surface area contributed by atoms with Crippen molar-refractivity contribution in [2.24, 2.45) is 0 Å². The van der Waals surface area contributed by atoms with Gasteiger partial charge in [-0.25, -0.2) is 19.9 Å². The lowest BCUT2D eigenvalue weighted by atomic mass is 9.92. The van der Waals surface area contributed by atoms with E-state index in [2.05, 4.69) is 170 Å². The molecule has 0 saturated heterocycles. The van der Waals surface area contributed by atoms with Gasteiger partial charge in [-0.3, -0.25) is 0 Å². The van der Waals surface area contributed by atoms with Gasteiger partial charge in [0, 0.05) is 43.1 Å². The molecule has 0 N–H and O–H groups in total. The molecule has 3 aromatic heterocycles. The fourth-order valence-corrected chi connectivity index (χ4v) is 8.29. The van der Waals surface area contributed by atoms with Gasteiger partial charge in [0.25, 0.3) is 0 Å². The Morgan fingerprint density at radius 1 is 0.321 bits per heavy atom. The van der Waals surface area contributed by atoms with E-state index < -0.39 is 0 Å². The Hall–Kier alpha value is -6.82. The maximum Gasteiger partial charge on any atom is 0.164 e. The molecule has 10 aromatic rings. The summed E-state index contributed by atoms with van der Waals surface area (Å²) in [5, 5.41) is 3.45. The molecule has 3 heterocycles. The molecule has 0 aliphatic heterocycles. The first-order valence-corrected chi connectivity index (χ1v) is 18.5. The summed E-state index contributed by atoms with van der Waals surface area (Å²) in [7, 11) is 0. The summed E-state index contributed by atoms with van der Waals surface area (Å²) >= 11 is 1.73. The van der Waals surface area contributed by atoms with Gasteiger partial charge in [0.2, 0.25) is 0 Å². The number of aromatic nitrogens is 4. The molecular formula is C48H30N4S. The zero-order valence-electron chi connectivity index (χ0n) is 28.5. The highest BCUT2D eigenvalue weighted by Crippen LogP contribution is 2.45. The van der Waals surface area contributed by atoms with E-state index in [-0.39, 0.29) is 0 Å². The van der Waals surface area contributed by atoms with E-state index in [0.29, 0.717) is 17.5 Å². The van der Waals surface area contributed by atoms with Gasteiger partial charge in [0.1, 0.15) is 4.83 Å². The molecule has 0 spiro atoms. The number of hydrogen-bond acceptors (Lipinski definition) is 5. The molecule has 248 valence electrons. The van der Waals surface area contributed by atoms with Crippen LogP contribution in [0.2, 0.25) is 0 Å². The zero-order valence-corrected chi connectivity index (χ0v) is 29.3. The van der Waals surface area contributed by atoms with Crippen LogP contribution in [0.15, 0.2) is 182 Å². The molecule has 53 heavy (non-hydrogen) atoms. The lowest BCUT2D eigenvalue weighted by molar-refractivity contribution is 1.07. The van der Waals surface area contributed by atoms with Gasteiger partial charge < -0.3 is 0 Å². The number of rotatable bonds is 6. The molecule has 0 bridgehead atoms. The first-order chi connectivity index (χ1) is 26.3. The third-order valence-electron chi connectivity index (χ3n) is 9.80. The van der Waals surface area contributed by atoms with E-state index in [4.69, 9.17) is 19.9 Å². The summed E-state index contributed by atoms with van der Waals surface area (Å²) in [6, 6.07) is 63.3. The summed E-state index contributed by atoms with van der Waals surface area (Å²) < 4.78 is 1.21. The van der Waals surface area contributed by atoms with Gasteiger partial charge in [0.15, 0.2) is 17.5 Å². The van der Waals surface area contributed by atoms with E-state index in [1.165, 1.54) is 21.2 Å². The molecule has 0 saturated carbocycles. The largest absolute Gasteiger partial charge is 0.237 e. The monoisotopic (exact) mass is 694 g/mol. The maximum absolute atomic E-state index is 5.23. The summed E-state index contributed by atoms with van der Waals surface area (Å²) in [5.41, 5.74) is 10.6. The van der Waals surface area contributed by atoms with E-state index in [0.717, 1.165) is 60.1 Å². The van der Waals surface area contributed by atoms with Crippen molar-refractivity contribution in [3.05, 3.63) is 182 Å². The van der Waals surface area contributed by atoms with Crippen LogP contribution in [0.25, 0.3) is 98.7 Å². The third-order valence-corrected chi connectivity index (χ3v) is 10.9. The highest BCUT2D eigenvalue weighted by atomic mass is 32.1. The Morgan fingerprint density at radius 2 is 0.774 bits per heavy atom. The zero-order chi connectivity index (χ0) is 35.1. The lowest BCUT2D eigenvalue weighted by Crippen LogP contribution is -2.01. The van der Waals surface area contributed by atoms with Crippen LogP contribution < -0.4 is 0 Å². The van der Waals surface area contributed by atoms with Gasteiger partial charge >= 0.3 is 0 Å². The lowest BCUT2D eigenvalue weighted by Gasteiger charge is -2.15. The van der Waals surface area contributed by atoms with Gasteiger partial charge in [0.05, 0.1) is 5.52 Å². The molecule has 0 atom stereocenters. The first kappa shape index (κ1) is 31.0. The minimum atomic E-state index is 0.619. The van der Waals surface area contributed by atoms with Crippen LogP contribution in [0.5, 0.6) is 0 Å². The summed E-state index contributed by atoms with van der Waals surface area (Å²) in [4.78, 5) is 21.7. The Morgan fingerprint density at radius 3 is 1.40 bits per heavy atom. The molecular weight excluding hydrogens is 665 g/mol. The molecule has 0 aliphatic carbocycles. The summed E-state index contributed by atoms with van der Waals surface area (Å²) in [6.07, 6.45) is 0. The topological polar surface area (TPSA) is 51.6 Å². The second kappa shape index (κ2) is 13.1. The minimum absolute atomic E-state index is 0.619. The van der Waals surface area contributed by atoms with E-state index in [9.17, 15) is 0 Å². The number of hydrogen-bond donors (Lipinski definition) is 0. The van der Waals surface area contributed by atoms with Crippen LogP contribution in [-0.4, -0.2) is 19.9 Å². The fourth-order valence-electron chi connectivity index (χ4n) is 7.19. The SMILES string of the molecule is c1ccc(-c2ccc(-c3nc(-c4ccc(-c5ccccc5)cc4)nc(-c4ccccc4-c4c5ccccc5nc5sc6ccccc6c45)n3)cc2)cc1. The van der Waals surface area contributed by atoms with Crippen molar-refractivity contribution >= 4 is 42.5 Å². The average Bonchev–Trinajstić information content (AvgIpc) is 3.61. The van der Waals surface area contributed by atoms with Crippen molar-refractivity contribution in [1.82, 2.24) is 19.9 Å². The number of pyridine rings is 1. The van der Waals surface area contributed by atoms with E-state index >= 15 is 0 Å². The quantitative estimate of drug-likeness (QED) is 0.174. The molecule has 4 nitrogen and oxygen atoms in total. The number of nitrogens with zero attached hydrogens (tertiary/aromatic N) is 4. The highest BCUT2D eigenvalue weighted by Gasteiger charge is 2.21. The van der Waals surface area contributed by atoms with Crippen molar-refractivity contribution in [3.63, 3.8) is 0 Å². The number of para-hydroxylation sites is 1. The molecule has 0 amide bonds. The third kappa shape index (κ3) is 5.64. The Balaban J connectivity index is 1.19. The first-order valence-electron chi connectivity index (χ1n) is 17.6. The Labute approximate surface area is 310 Å². The molecule has 0 aliphatic rings. The second-order valence-corrected chi connectivity index (χ2v) is 14.1. The van der Waals surface area contributed by atoms with Gasteiger partial charge in [-0.15, -0.1) is 11.3 Å². The van der Waals surface area contributed by atoms with Gasteiger partial charge in [-0.1, -0.05) is 170 Å². The smallest absolute Gasteiger partial charge is 0.164 e. The summed E-state index contributed by atoms with van der Waals surface area (Å²) in [5.74, 6) is 1.86. The van der Waals surface area contributed by atoms with E-state index in [1.807, 2.05) is 12.1 Å². The van der Waals surface area contributed by atoms with Crippen LogP contribution in [0.1, 0.15) is 0 Å². The van der Waals surface area contributed by atoms with Crippen LogP contribution in [0, 0.1) is 0 Å². The standard InChI is InChI=1S/C48H30N4S/c1-3-13-31(14-4-1)33-23-27-35(28-24-33)45-50-46(36-29-25-34(26-30-36)32-15-5-2-6-16-32)52-47(51-45)38-18-8-7-17-37(38)43-39-19-9-11-21-41(39)49-48-44(43)40-20-10-12-22-42(40)53-48/h1-30H. The Kier molecular flexibility index (Phi) is 7.63. The molecule has 7 aromatic carbocycles. The average molecular weight is 695 g/mol. The number of benzene rings is 7. The predicted octanol–water partition coefficient (Wildman–Crippen LogP) is 12.8. The van der Waals surface area contributed by atoms with Gasteiger partial charge in [-0.2, -0.15) is 0 Å². The summed E-state index contributed by atoms with van der Waals surface area (Å²) in [6.45, 7) is 0.